The molecule has 1 aromatic heterocycles. The van der Waals surface area contributed by atoms with Gasteiger partial charge < -0.3 is 30.3 Å². The van der Waals surface area contributed by atoms with Gasteiger partial charge in [-0.2, -0.15) is 4.72 Å². The number of hydrogen-bond acceptors (Lipinski definition) is 10. The van der Waals surface area contributed by atoms with Crippen molar-refractivity contribution in [1.82, 2.24) is 25.8 Å². The Morgan fingerprint density at radius 1 is 1.39 bits per heavy atom. The van der Waals surface area contributed by atoms with Crippen LogP contribution in [-0.2, 0) is 14.8 Å². The molecule has 174 valence electrons. The number of aromatic nitrogens is 1. The Labute approximate surface area is 180 Å². The number of amides is 1. The van der Waals surface area contributed by atoms with Gasteiger partial charge in [0.15, 0.2) is 5.96 Å². The molecular formula is C17H28N6O7S. The number of ether oxygens (including phenoxy) is 1. The van der Waals surface area contributed by atoms with Gasteiger partial charge in [-0.3, -0.25) is 14.6 Å². The lowest BCUT2D eigenvalue weighted by molar-refractivity contribution is -0.138. The van der Waals surface area contributed by atoms with E-state index in [1.54, 1.807) is 0 Å². The maximum Gasteiger partial charge on any atom is 0.323 e. The van der Waals surface area contributed by atoms with Crippen LogP contribution in [0, 0.1) is 0 Å². The van der Waals surface area contributed by atoms with Gasteiger partial charge in [-0.15, -0.1) is 0 Å². The number of unbranched alkanes of at least 4 members (excludes halogenated alkanes) is 1. The van der Waals surface area contributed by atoms with Gasteiger partial charge in [0, 0.05) is 19.6 Å². The van der Waals surface area contributed by atoms with Crippen LogP contribution in [0.25, 0.3) is 0 Å². The summed E-state index contributed by atoms with van der Waals surface area (Å²) in [6.07, 6.45) is 1.71. The molecule has 31 heavy (non-hydrogen) atoms. The number of carbonyl (C=O) groups excluding carboxylic acids is 1. The summed E-state index contributed by atoms with van der Waals surface area (Å²) in [6.45, 7) is 3.90. The highest BCUT2D eigenvalue weighted by Crippen LogP contribution is 2.11. The van der Waals surface area contributed by atoms with E-state index >= 15 is 0 Å². The normalized spacial score (nSPS) is 14.4. The summed E-state index contributed by atoms with van der Waals surface area (Å²) in [6, 6.07) is -0.233. The van der Waals surface area contributed by atoms with Crippen LogP contribution in [0.3, 0.4) is 0 Å². The Morgan fingerprint density at radius 2 is 2.19 bits per heavy atom. The molecule has 0 saturated heterocycles. The summed E-state index contributed by atoms with van der Waals surface area (Å²) >= 11 is 0. The molecule has 0 radical (unpaired) electrons. The number of carbonyl (C=O) groups is 2. The third-order valence-electron chi connectivity index (χ3n) is 4.10. The van der Waals surface area contributed by atoms with Crippen molar-refractivity contribution in [2.45, 2.75) is 32.2 Å². The van der Waals surface area contributed by atoms with Crippen molar-refractivity contribution in [2.24, 2.45) is 4.99 Å². The second-order valence-electron chi connectivity index (χ2n) is 6.71. The summed E-state index contributed by atoms with van der Waals surface area (Å²) < 4.78 is 36.2. The summed E-state index contributed by atoms with van der Waals surface area (Å²) in [5.41, 5.74) is 0. The molecule has 2 heterocycles. The second kappa shape index (κ2) is 12.1. The zero-order valence-corrected chi connectivity index (χ0v) is 18.0. The van der Waals surface area contributed by atoms with Gasteiger partial charge in [-0.25, -0.2) is 8.42 Å². The van der Waals surface area contributed by atoms with Crippen molar-refractivity contribution in [2.75, 3.05) is 38.5 Å². The van der Waals surface area contributed by atoms with E-state index in [1.807, 2.05) is 6.92 Å². The first-order valence-electron chi connectivity index (χ1n) is 9.93. The Morgan fingerprint density at radius 3 is 2.87 bits per heavy atom. The molecule has 14 heteroatoms. The van der Waals surface area contributed by atoms with Crippen molar-refractivity contribution in [3.05, 3.63) is 11.8 Å². The van der Waals surface area contributed by atoms with Crippen LogP contribution in [0.15, 0.2) is 15.6 Å². The zero-order valence-electron chi connectivity index (χ0n) is 17.2. The molecule has 1 unspecified atom stereocenters. The van der Waals surface area contributed by atoms with E-state index < -0.39 is 34.5 Å². The van der Waals surface area contributed by atoms with Crippen LogP contribution in [0.2, 0.25) is 0 Å². The summed E-state index contributed by atoms with van der Waals surface area (Å²) in [5.74, 6) is -1.66. The second-order valence-corrected chi connectivity index (χ2v) is 8.58. The van der Waals surface area contributed by atoms with Gasteiger partial charge >= 0.3 is 5.97 Å². The Kier molecular flexibility index (Phi) is 9.52. The van der Waals surface area contributed by atoms with Crippen molar-refractivity contribution < 1.29 is 32.4 Å². The van der Waals surface area contributed by atoms with Crippen LogP contribution < -0.4 is 25.4 Å². The molecule has 0 aromatic carbocycles. The molecule has 5 N–H and O–H groups in total. The van der Waals surface area contributed by atoms with E-state index in [9.17, 15) is 23.1 Å². The van der Waals surface area contributed by atoms with Crippen molar-refractivity contribution in [1.29, 1.82) is 0 Å². The van der Waals surface area contributed by atoms with Crippen molar-refractivity contribution in [3.8, 4) is 5.88 Å². The lowest BCUT2D eigenvalue weighted by Gasteiger charge is -2.14. The van der Waals surface area contributed by atoms with Gasteiger partial charge in [0.25, 0.3) is 11.8 Å². The minimum Gasteiger partial charge on any atom is -0.480 e. The van der Waals surface area contributed by atoms with Crippen LogP contribution in [-0.4, -0.2) is 81.1 Å². The molecule has 0 bridgehead atoms. The first-order chi connectivity index (χ1) is 14.8. The number of aliphatic carboxylic acids is 1. The first-order valence-corrected chi connectivity index (χ1v) is 11.6. The molecule has 1 atom stereocenters. The summed E-state index contributed by atoms with van der Waals surface area (Å²) in [5, 5.41) is 21.3. The highest BCUT2D eigenvalue weighted by atomic mass is 32.2. The third kappa shape index (κ3) is 8.80. The van der Waals surface area contributed by atoms with Crippen molar-refractivity contribution >= 4 is 27.9 Å². The molecule has 1 amide bonds. The topological polar surface area (TPSA) is 184 Å². The van der Waals surface area contributed by atoms with Crippen LogP contribution in [0.1, 0.15) is 36.7 Å². The SMILES string of the molecule is CCCCS(=O)(=O)NC(CNC(=O)c1cc(OCCCNC2=NCCN2)no1)C(=O)O. The number of rotatable bonds is 14. The number of aliphatic imine (C=N–C) groups is 1. The Bertz CT molecular complexity index is 870. The molecule has 1 aromatic rings. The predicted molar refractivity (Wildman–Crippen MR) is 111 cm³/mol. The molecule has 0 aliphatic carbocycles. The number of hydrogen-bond donors (Lipinski definition) is 5. The lowest BCUT2D eigenvalue weighted by atomic mass is 10.3. The maximum absolute atomic E-state index is 12.1. The highest BCUT2D eigenvalue weighted by Gasteiger charge is 2.25. The Hall–Kier alpha value is -2.87. The average Bonchev–Trinajstić information content (AvgIpc) is 3.41. The highest BCUT2D eigenvalue weighted by molar-refractivity contribution is 7.89. The fourth-order valence-corrected chi connectivity index (χ4v) is 3.88. The number of nitrogens with zero attached hydrogens (tertiary/aromatic N) is 2. The van der Waals surface area contributed by atoms with Crippen LogP contribution in [0.5, 0.6) is 5.88 Å². The first kappa shape index (κ1) is 24.4. The number of guanidine groups is 1. The largest absolute Gasteiger partial charge is 0.480 e. The minimum absolute atomic E-state index is 0.108. The van der Waals surface area contributed by atoms with E-state index in [1.165, 1.54) is 6.07 Å². The number of sulfonamides is 1. The van der Waals surface area contributed by atoms with Gasteiger partial charge in [-0.1, -0.05) is 13.3 Å². The molecule has 0 spiro atoms. The summed E-state index contributed by atoms with van der Waals surface area (Å²) in [4.78, 5) is 27.6. The standard InChI is InChI=1S/C17H28N6O7S/c1-2-3-9-31(27,28)23-12(16(25)26)11-21-15(24)13-10-14(22-30-13)29-8-4-5-18-17-19-6-7-20-17/h10,12,23H,2-9,11H2,1H3,(H,21,24)(H,25,26)(H2,18,19,20). The Balaban J connectivity index is 1.74. The molecule has 0 fully saturated rings. The van der Waals surface area contributed by atoms with E-state index in [0.717, 1.165) is 19.0 Å². The van der Waals surface area contributed by atoms with E-state index in [2.05, 4.69) is 30.8 Å². The molecule has 2 rings (SSSR count). The number of nitrogens with one attached hydrogen (secondary N) is 4. The zero-order chi connectivity index (χ0) is 22.7. The number of carboxylic acids is 1. The molecule has 1 aliphatic rings. The summed E-state index contributed by atoms with van der Waals surface area (Å²) in [7, 11) is -3.77. The van der Waals surface area contributed by atoms with Gasteiger partial charge in [0.2, 0.25) is 15.8 Å². The fraction of sp³-hybridized carbons (Fsp3) is 0.647. The third-order valence-corrected chi connectivity index (χ3v) is 5.57. The monoisotopic (exact) mass is 460 g/mol. The van der Waals surface area contributed by atoms with Crippen LogP contribution >= 0.6 is 0 Å². The average molecular weight is 461 g/mol. The van der Waals surface area contributed by atoms with Gasteiger partial charge in [0.1, 0.15) is 6.04 Å². The van der Waals surface area contributed by atoms with Crippen LogP contribution in [0.4, 0.5) is 0 Å². The van der Waals surface area contributed by atoms with E-state index in [-0.39, 0.29) is 17.4 Å². The quantitative estimate of drug-likeness (QED) is 0.213. The fourth-order valence-electron chi connectivity index (χ4n) is 2.48. The smallest absolute Gasteiger partial charge is 0.323 e. The number of carboxylic acid groups (broad SMARTS) is 1. The molecule has 1 aliphatic heterocycles. The lowest BCUT2D eigenvalue weighted by Crippen LogP contribution is -2.48. The van der Waals surface area contributed by atoms with E-state index in [4.69, 9.17) is 9.26 Å². The molecular weight excluding hydrogens is 432 g/mol. The van der Waals surface area contributed by atoms with Crippen molar-refractivity contribution in [3.63, 3.8) is 0 Å². The molecule has 0 saturated carbocycles. The van der Waals surface area contributed by atoms with E-state index in [0.29, 0.717) is 32.4 Å². The molecule has 13 nitrogen and oxygen atoms in total. The minimum atomic E-state index is -3.77. The maximum atomic E-state index is 12.1. The van der Waals surface area contributed by atoms with Gasteiger partial charge in [0.05, 0.1) is 25.0 Å². The predicted octanol–water partition coefficient (Wildman–Crippen LogP) is -1.11. The van der Waals surface area contributed by atoms with Gasteiger partial charge in [-0.05, 0) is 18.0 Å².